The summed E-state index contributed by atoms with van der Waals surface area (Å²) >= 11 is 0. The summed E-state index contributed by atoms with van der Waals surface area (Å²) in [5.74, 6) is -1.91. The second kappa shape index (κ2) is 6.86. The summed E-state index contributed by atoms with van der Waals surface area (Å²) in [6, 6.07) is 6.86. The number of halogens is 2. The monoisotopic (exact) mass is 358 g/mol. The third-order valence-electron chi connectivity index (χ3n) is 4.66. The van der Waals surface area contributed by atoms with Gasteiger partial charge in [0, 0.05) is 12.8 Å². The maximum absolute atomic E-state index is 13.9. The molecule has 0 bridgehead atoms. The minimum atomic E-state index is -0.722. The Morgan fingerprint density at radius 3 is 2.46 bits per heavy atom. The summed E-state index contributed by atoms with van der Waals surface area (Å²) in [6.45, 7) is 5.17. The average molecular weight is 358 g/mol. The highest BCUT2D eigenvalue weighted by Gasteiger charge is 2.40. The molecule has 0 aliphatic carbocycles. The van der Waals surface area contributed by atoms with Crippen molar-refractivity contribution < 1.29 is 18.4 Å². The van der Waals surface area contributed by atoms with E-state index in [1.54, 1.807) is 26.8 Å². The SMILES string of the molecule is CCC(=O)CC1C(=O)N(Nc2ccc(F)cc2C)c2c(C)cc(F)cc21. The number of hydrogen-bond acceptors (Lipinski definition) is 3. The molecule has 1 aliphatic rings. The van der Waals surface area contributed by atoms with Crippen LogP contribution in [0.1, 0.15) is 42.4 Å². The van der Waals surface area contributed by atoms with Gasteiger partial charge in [-0.2, -0.15) is 0 Å². The number of carbonyl (C=O) groups is 2. The predicted molar refractivity (Wildman–Crippen MR) is 96.0 cm³/mol. The van der Waals surface area contributed by atoms with Crippen molar-refractivity contribution in [2.75, 3.05) is 10.4 Å². The number of anilines is 2. The number of rotatable bonds is 5. The van der Waals surface area contributed by atoms with Crippen LogP contribution in [0.4, 0.5) is 20.2 Å². The first-order valence-electron chi connectivity index (χ1n) is 8.50. The molecule has 0 fully saturated rings. The van der Waals surface area contributed by atoms with Crippen LogP contribution in [0.2, 0.25) is 0 Å². The van der Waals surface area contributed by atoms with Crippen molar-refractivity contribution >= 4 is 23.1 Å². The summed E-state index contributed by atoms with van der Waals surface area (Å²) in [5, 5.41) is 1.35. The standard InChI is InChI=1S/C20H20F2N2O2/c1-4-15(25)10-17-16-9-14(22)8-12(3)19(16)24(20(17)26)23-18-6-5-13(21)7-11(18)2/h5-9,17,23H,4,10H2,1-3H3. The van der Waals surface area contributed by atoms with Crippen molar-refractivity contribution in [1.82, 2.24) is 0 Å². The Morgan fingerprint density at radius 2 is 1.81 bits per heavy atom. The minimum Gasteiger partial charge on any atom is -0.300 e. The van der Waals surface area contributed by atoms with Gasteiger partial charge in [-0.1, -0.05) is 6.92 Å². The lowest BCUT2D eigenvalue weighted by Gasteiger charge is -2.23. The van der Waals surface area contributed by atoms with E-state index in [1.807, 2.05) is 0 Å². The number of amides is 1. The number of nitrogens with zero attached hydrogens (tertiary/aromatic N) is 1. The molecule has 1 amide bonds. The lowest BCUT2D eigenvalue weighted by atomic mass is 9.93. The Labute approximate surface area is 150 Å². The first kappa shape index (κ1) is 18.0. The van der Waals surface area contributed by atoms with Crippen molar-refractivity contribution in [2.45, 2.75) is 39.5 Å². The van der Waals surface area contributed by atoms with Gasteiger partial charge in [-0.15, -0.1) is 0 Å². The van der Waals surface area contributed by atoms with Crippen LogP contribution < -0.4 is 10.4 Å². The van der Waals surface area contributed by atoms with E-state index in [2.05, 4.69) is 5.43 Å². The highest BCUT2D eigenvalue weighted by Crippen LogP contribution is 2.42. The number of benzene rings is 2. The molecule has 0 spiro atoms. The number of hydrogen-bond donors (Lipinski definition) is 1. The number of fused-ring (bicyclic) bond motifs is 1. The zero-order valence-electron chi connectivity index (χ0n) is 14.9. The normalized spacial score (nSPS) is 16.0. The Hall–Kier alpha value is -2.76. The van der Waals surface area contributed by atoms with Gasteiger partial charge in [-0.25, -0.2) is 13.8 Å². The van der Waals surface area contributed by atoms with Crippen molar-refractivity contribution in [3.05, 3.63) is 58.7 Å². The highest BCUT2D eigenvalue weighted by molar-refractivity contribution is 6.08. The molecule has 136 valence electrons. The first-order valence-corrected chi connectivity index (χ1v) is 8.50. The molecular weight excluding hydrogens is 338 g/mol. The zero-order valence-corrected chi connectivity index (χ0v) is 14.9. The second-order valence-electron chi connectivity index (χ2n) is 6.55. The molecule has 3 rings (SSSR count). The van der Waals surface area contributed by atoms with Crippen molar-refractivity contribution in [3.8, 4) is 0 Å². The molecule has 0 saturated carbocycles. The lowest BCUT2D eigenvalue weighted by molar-refractivity contribution is -0.124. The molecular formula is C20H20F2N2O2. The van der Waals surface area contributed by atoms with Crippen molar-refractivity contribution in [2.24, 2.45) is 0 Å². The fourth-order valence-electron chi connectivity index (χ4n) is 3.28. The van der Waals surface area contributed by atoms with Crippen LogP contribution in [0, 0.1) is 25.5 Å². The maximum Gasteiger partial charge on any atom is 0.253 e. The van der Waals surface area contributed by atoms with E-state index in [9.17, 15) is 18.4 Å². The summed E-state index contributed by atoms with van der Waals surface area (Å²) in [6.07, 6.45) is 0.351. The van der Waals surface area contributed by atoms with Crippen LogP contribution in [0.3, 0.4) is 0 Å². The van der Waals surface area contributed by atoms with Gasteiger partial charge in [0.25, 0.3) is 5.91 Å². The largest absolute Gasteiger partial charge is 0.300 e. The Bertz CT molecular complexity index is 896. The van der Waals surface area contributed by atoms with Gasteiger partial charge in [0.2, 0.25) is 0 Å². The molecule has 2 aromatic carbocycles. The Morgan fingerprint density at radius 1 is 1.12 bits per heavy atom. The molecule has 26 heavy (non-hydrogen) atoms. The van der Waals surface area contributed by atoms with Gasteiger partial charge < -0.3 is 0 Å². The smallest absolute Gasteiger partial charge is 0.253 e. The summed E-state index contributed by atoms with van der Waals surface area (Å²) in [4.78, 5) is 24.9. The molecule has 0 radical (unpaired) electrons. The van der Waals surface area contributed by atoms with Gasteiger partial charge in [-0.05, 0) is 60.9 Å². The van der Waals surface area contributed by atoms with Crippen LogP contribution in [-0.2, 0) is 9.59 Å². The number of carbonyl (C=O) groups excluding carboxylic acids is 2. The summed E-state index contributed by atoms with van der Waals surface area (Å²) < 4.78 is 27.3. The summed E-state index contributed by atoms with van der Waals surface area (Å²) in [7, 11) is 0. The molecule has 0 saturated heterocycles. The molecule has 1 aliphatic heterocycles. The van der Waals surface area contributed by atoms with E-state index >= 15 is 0 Å². The second-order valence-corrected chi connectivity index (χ2v) is 6.55. The Kier molecular flexibility index (Phi) is 4.76. The first-order chi connectivity index (χ1) is 12.3. The van der Waals surface area contributed by atoms with Crippen LogP contribution >= 0.6 is 0 Å². The van der Waals surface area contributed by atoms with Crippen LogP contribution in [0.5, 0.6) is 0 Å². The van der Waals surface area contributed by atoms with Crippen molar-refractivity contribution in [3.63, 3.8) is 0 Å². The van der Waals surface area contributed by atoms with Gasteiger partial charge >= 0.3 is 0 Å². The van der Waals surface area contributed by atoms with Crippen LogP contribution in [-0.4, -0.2) is 11.7 Å². The lowest BCUT2D eigenvalue weighted by Crippen LogP contribution is -2.35. The number of Topliss-reactive ketones (excluding diaryl/α,β-unsaturated/α-hetero) is 1. The molecule has 0 aromatic heterocycles. The minimum absolute atomic E-state index is 0.0335. The van der Waals surface area contributed by atoms with Crippen molar-refractivity contribution in [1.29, 1.82) is 0 Å². The molecule has 4 nitrogen and oxygen atoms in total. The molecule has 2 aromatic rings. The van der Waals surface area contributed by atoms with Gasteiger partial charge in [0.1, 0.15) is 17.4 Å². The number of hydrazine groups is 1. The van der Waals surface area contributed by atoms with Gasteiger partial charge in [0.05, 0.1) is 17.3 Å². The highest BCUT2D eigenvalue weighted by atomic mass is 19.1. The fourth-order valence-corrected chi connectivity index (χ4v) is 3.28. The van der Waals surface area contributed by atoms with E-state index in [-0.39, 0.29) is 23.9 Å². The molecule has 1 unspecified atom stereocenters. The van der Waals surface area contributed by atoms with Gasteiger partial charge in [0.15, 0.2) is 0 Å². The third-order valence-corrected chi connectivity index (χ3v) is 4.66. The van der Waals surface area contributed by atoms with Gasteiger partial charge in [-0.3, -0.25) is 15.0 Å². The number of aryl methyl sites for hydroxylation is 2. The maximum atomic E-state index is 13.9. The topological polar surface area (TPSA) is 49.4 Å². The van der Waals surface area contributed by atoms with E-state index in [1.165, 1.54) is 29.3 Å². The third kappa shape index (κ3) is 3.19. The van der Waals surface area contributed by atoms with E-state index in [0.717, 1.165) is 0 Å². The molecule has 6 heteroatoms. The Balaban J connectivity index is 2.04. The number of ketones is 1. The fraction of sp³-hybridized carbons (Fsp3) is 0.300. The number of nitrogens with one attached hydrogen (secondary N) is 1. The van der Waals surface area contributed by atoms with E-state index < -0.39 is 11.7 Å². The average Bonchev–Trinajstić information content (AvgIpc) is 2.82. The molecule has 1 atom stereocenters. The van der Waals surface area contributed by atoms with E-state index in [4.69, 9.17) is 0 Å². The van der Waals surface area contributed by atoms with E-state index in [0.29, 0.717) is 34.5 Å². The molecule has 1 N–H and O–H groups in total. The summed E-state index contributed by atoms with van der Waals surface area (Å²) in [5.41, 5.74) is 5.85. The quantitative estimate of drug-likeness (QED) is 0.861. The zero-order chi connectivity index (χ0) is 19.0. The predicted octanol–water partition coefficient (Wildman–Crippen LogP) is 4.41. The van der Waals surface area contributed by atoms with Crippen LogP contribution in [0.25, 0.3) is 0 Å². The molecule has 1 heterocycles. The van der Waals surface area contributed by atoms with Crippen LogP contribution in [0.15, 0.2) is 30.3 Å².